The van der Waals surface area contributed by atoms with Crippen molar-refractivity contribution in [2.24, 2.45) is 0 Å². The average molecular weight is 380 g/mol. The van der Waals surface area contributed by atoms with Gasteiger partial charge >= 0.3 is 0 Å². The third-order valence-corrected chi connectivity index (χ3v) is 6.12. The molecule has 0 fully saturated rings. The Balaban J connectivity index is 1.88. The van der Waals surface area contributed by atoms with Crippen LogP contribution in [0.15, 0.2) is 113 Å². The van der Waals surface area contributed by atoms with E-state index in [9.17, 15) is 4.39 Å². The molecule has 0 aromatic heterocycles. The molecule has 0 aliphatic heterocycles. The molecule has 5 aromatic rings. The summed E-state index contributed by atoms with van der Waals surface area (Å²) >= 11 is 1.70. The van der Waals surface area contributed by atoms with Crippen molar-refractivity contribution in [1.29, 1.82) is 0 Å². The van der Waals surface area contributed by atoms with Gasteiger partial charge in [0.2, 0.25) is 0 Å². The van der Waals surface area contributed by atoms with Crippen molar-refractivity contribution in [3.63, 3.8) is 0 Å². The van der Waals surface area contributed by atoms with Gasteiger partial charge in [-0.05, 0) is 51.4 Å². The van der Waals surface area contributed by atoms with Crippen LogP contribution in [0.2, 0.25) is 0 Å². The first kappa shape index (κ1) is 17.0. The van der Waals surface area contributed by atoms with E-state index in [0.29, 0.717) is 0 Å². The van der Waals surface area contributed by atoms with Crippen LogP contribution in [-0.2, 0) is 0 Å². The fourth-order valence-corrected chi connectivity index (χ4v) is 4.85. The predicted molar refractivity (Wildman–Crippen MR) is 117 cm³/mol. The van der Waals surface area contributed by atoms with E-state index in [0.717, 1.165) is 4.90 Å². The molecule has 0 aliphatic carbocycles. The van der Waals surface area contributed by atoms with E-state index in [1.165, 1.54) is 49.7 Å². The van der Waals surface area contributed by atoms with Gasteiger partial charge in [-0.15, -0.1) is 0 Å². The zero-order valence-electron chi connectivity index (χ0n) is 15.1. The summed E-state index contributed by atoms with van der Waals surface area (Å²) in [6.45, 7) is 0. The summed E-state index contributed by atoms with van der Waals surface area (Å²) < 4.78 is 13.4. The summed E-state index contributed by atoms with van der Waals surface area (Å²) in [4.78, 5) is 2.23. The zero-order chi connectivity index (χ0) is 18.9. The molecule has 0 unspecified atom stereocenters. The maximum atomic E-state index is 13.4. The van der Waals surface area contributed by atoms with Gasteiger partial charge in [-0.25, -0.2) is 4.39 Å². The van der Waals surface area contributed by atoms with Crippen molar-refractivity contribution in [3.05, 3.63) is 109 Å². The molecule has 0 N–H and O–H groups in total. The third kappa shape index (κ3) is 2.96. The van der Waals surface area contributed by atoms with Crippen molar-refractivity contribution in [3.8, 4) is 11.1 Å². The van der Waals surface area contributed by atoms with Crippen LogP contribution in [0.1, 0.15) is 0 Å². The summed E-state index contributed by atoms with van der Waals surface area (Å²) in [5.74, 6) is -0.212. The quantitative estimate of drug-likeness (QED) is 0.286. The summed E-state index contributed by atoms with van der Waals surface area (Å²) in [7, 11) is 0. The molecule has 0 aliphatic rings. The van der Waals surface area contributed by atoms with Crippen LogP contribution in [-0.4, -0.2) is 0 Å². The number of hydrogen-bond acceptors (Lipinski definition) is 1. The summed E-state index contributed by atoms with van der Waals surface area (Å²) in [5, 5.41) is 4.94. The van der Waals surface area contributed by atoms with Gasteiger partial charge in [0.25, 0.3) is 0 Å². The largest absolute Gasteiger partial charge is 0.207 e. The van der Waals surface area contributed by atoms with Gasteiger partial charge in [0.05, 0.1) is 0 Å². The molecule has 2 heteroatoms. The Labute approximate surface area is 167 Å². The maximum absolute atomic E-state index is 13.4. The summed E-state index contributed by atoms with van der Waals surface area (Å²) in [6, 6.07) is 34.3. The molecule has 0 spiro atoms. The maximum Gasteiger partial charge on any atom is 0.123 e. The van der Waals surface area contributed by atoms with E-state index in [2.05, 4.69) is 72.8 Å². The third-order valence-electron chi connectivity index (χ3n) is 4.98. The second-order valence-corrected chi connectivity index (χ2v) is 7.80. The Bertz CT molecular complexity index is 1270. The average Bonchev–Trinajstić information content (AvgIpc) is 2.76. The SMILES string of the molecule is Fc1ccc(Sc2c(-c3ccccc3)c3ccccc3c3ccccc23)cc1. The molecule has 0 heterocycles. The Morgan fingerprint density at radius 3 is 1.71 bits per heavy atom. The lowest BCUT2D eigenvalue weighted by molar-refractivity contribution is 0.626. The van der Waals surface area contributed by atoms with Gasteiger partial charge in [0, 0.05) is 15.4 Å². The lowest BCUT2D eigenvalue weighted by Crippen LogP contribution is -1.90. The minimum Gasteiger partial charge on any atom is -0.207 e. The van der Waals surface area contributed by atoms with Gasteiger partial charge in [-0.2, -0.15) is 0 Å². The van der Waals surface area contributed by atoms with Crippen LogP contribution in [0.25, 0.3) is 32.7 Å². The van der Waals surface area contributed by atoms with E-state index >= 15 is 0 Å². The molecule has 0 radical (unpaired) electrons. The smallest absolute Gasteiger partial charge is 0.123 e. The first-order valence-electron chi connectivity index (χ1n) is 9.23. The molecular weight excluding hydrogens is 363 g/mol. The van der Waals surface area contributed by atoms with Crippen molar-refractivity contribution in [1.82, 2.24) is 0 Å². The Morgan fingerprint density at radius 2 is 1.04 bits per heavy atom. The van der Waals surface area contributed by atoms with Crippen molar-refractivity contribution >= 4 is 33.3 Å². The molecule has 0 nitrogen and oxygen atoms in total. The minimum atomic E-state index is -0.212. The topological polar surface area (TPSA) is 0 Å². The van der Waals surface area contributed by atoms with Gasteiger partial charge in [-0.1, -0.05) is 90.6 Å². The Morgan fingerprint density at radius 1 is 0.500 bits per heavy atom. The zero-order valence-corrected chi connectivity index (χ0v) is 15.9. The summed E-state index contributed by atoms with van der Waals surface area (Å²) in [5.41, 5.74) is 2.42. The molecule has 5 rings (SSSR count). The van der Waals surface area contributed by atoms with Crippen molar-refractivity contribution in [2.45, 2.75) is 9.79 Å². The van der Waals surface area contributed by atoms with Gasteiger partial charge in [-0.3, -0.25) is 0 Å². The Hall–Kier alpha value is -3.10. The molecule has 5 aromatic carbocycles. The van der Waals surface area contributed by atoms with Crippen LogP contribution in [0, 0.1) is 5.82 Å². The van der Waals surface area contributed by atoms with E-state index < -0.39 is 0 Å². The monoisotopic (exact) mass is 380 g/mol. The van der Waals surface area contributed by atoms with Crippen LogP contribution in [0.5, 0.6) is 0 Å². The fourth-order valence-electron chi connectivity index (χ4n) is 3.73. The normalized spacial score (nSPS) is 11.2. The minimum absolute atomic E-state index is 0.212. The molecular formula is C26H17FS. The lowest BCUT2D eigenvalue weighted by Gasteiger charge is -2.17. The number of benzene rings is 5. The summed E-state index contributed by atoms with van der Waals surface area (Å²) in [6.07, 6.45) is 0. The highest BCUT2D eigenvalue weighted by Crippen LogP contribution is 2.46. The van der Waals surface area contributed by atoms with Crippen LogP contribution in [0.3, 0.4) is 0 Å². The number of hydrogen-bond donors (Lipinski definition) is 0. The number of halogens is 1. The van der Waals surface area contributed by atoms with E-state index in [-0.39, 0.29) is 5.82 Å². The van der Waals surface area contributed by atoms with Gasteiger partial charge < -0.3 is 0 Å². The molecule has 0 amide bonds. The number of fused-ring (bicyclic) bond motifs is 3. The second kappa shape index (κ2) is 7.14. The molecule has 0 atom stereocenters. The second-order valence-electron chi connectivity index (χ2n) is 6.72. The van der Waals surface area contributed by atoms with Crippen LogP contribution < -0.4 is 0 Å². The van der Waals surface area contributed by atoms with Crippen molar-refractivity contribution in [2.75, 3.05) is 0 Å². The van der Waals surface area contributed by atoms with E-state index in [1.807, 2.05) is 18.2 Å². The highest BCUT2D eigenvalue weighted by atomic mass is 32.2. The molecule has 0 saturated carbocycles. The highest BCUT2D eigenvalue weighted by molar-refractivity contribution is 7.99. The first-order chi connectivity index (χ1) is 13.8. The van der Waals surface area contributed by atoms with E-state index in [4.69, 9.17) is 0 Å². The standard InChI is InChI=1S/C26H17FS/c27-19-14-16-20(17-15-19)28-26-24-13-7-5-11-22(24)21-10-4-6-12-23(21)25(26)18-8-2-1-3-9-18/h1-17H. The Kier molecular flexibility index (Phi) is 4.34. The fraction of sp³-hybridized carbons (Fsp3) is 0. The number of rotatable bonds is 3. The predicted octanol–water partition coefficient (Wildman–Crippen LogP) is 7.95. The first-order valence-corrected chi connectivity index (χ1v) is 10.1. The molecule has 0 saturated heterocycles. The van der Waals surface area contributed by atoms with Gasteiger partial charge in [0.15, 0.2) is 0 Å². The van der Waals surface area contributed by atoms with Crippen LogP contribution >= 0.6 is 11.8 Å². The highest BCUT2D eigenvalue weighted by Gasteiger charge is 2.16. The van der Waals surface area contributed by atoms with Crippen molar-refractivity contribution < 1.29 is 4.39 Å². The molecule has 134 valence electrons. The molecule has 0 bridgehead atoms. The molecule has 28 heavy (non-hydrogen) atoms. The van der Waals surface area contributed by atoms with Crippen LogP contribution in [0.4, 0.5) is 4.39 Å². The van der Waals surface area contributed by atoms with Gasteiger partial charge in [0.1, 0.15) is 5.82 Å². The van der Waals surface area contributed by atoms with E-state index in [1.54, 1.807) is 11.8 Å². The lowest BCUT2D eigenvalue weighted by atomic mass is 9.93.